The number of amides is 2. The maximum atomic E-state index is 12.4. The number of benzene rings is 1. The molecule has 1 aliphatic rings. The van der Waals surface area contributed by atoms with Crippen molar-refractivity contribution in [3.8, 4) is 5.75 Å². The predicted octanol–water partition coefficient (Wildman–Crippen LogP) is 0.238. The van der Waals surface area contributed by atoms with Gasteiger partial charge in [0.15, 0.2) is 0 Å². The SMILES string of the molecule is COc1cc(C(=O)N2CCNC(=O)C2C)ccc1N. The smallest absolute Gasteiger partial charge is 0.254 e. The molecule has 0 spiro atoms. The number of hydrogen-bond donors (Lipinski definition) is 2. The standard InChI is InChI=1S/C13H17N3O3/c1-8-12(17)15-5-6-16(8)13(18)9-3-4-10(14)11(7-9)19-2/h3-4,7-8H,5-6,14H2,1-2H3,(H,15,17). The zero-order chi connectivity index (χ0) is 14.0. The number of ether oxygens (including phenoxy) is 1. The van der Waals surface area contributed by atoms with Crippen molar-refractivity contribution in [1.29, 1.82) is 0 Å². The predicted molar refractivity (Wildman–Crippen MR) is 70.9 cm³/mol. The average Bonchev–Trinajstić information content (AvgIpc) is 2.41. The van der Waals surface area contributed by atoms with Gasteiger partial charge in [-0.15, -0.1) is 0 Å². The number of carbonyl (C=O) groups is 2. The number of nitrogen functional groups attached to an aromatic ring is 1. The van der Waals surface area contributed by atoms with Crippen LogP contribution in [0, 0.1) is 0 Å². The summed E-state index contributed by atoms with van der Waals surface area (Å²) in [6, 6.07) is 4.39. The lowest BCUT2D eigenvalue weighted by Gasteiger charge is -2.32. The molecule has 1 heterocycles. The first-order valence-corrected chi connectivity index (χ1v) is 6.06. The highest BCUT2D eigenvalue weighted by atomic mass is 16.5. The molecule has 1 aromatic carbocycles. The molecule has 0 aromatic heterocycles. The van der Waals surface area contributed by atoms with Gasteiger partial charge >= 0.3 is 0 Å². The normalized spacial score (nSPS) is 18.9. The quantitative estimate of drug-likeness (QED) is 0.748. The van der Waals surface area contributed by atoms with Gasteiger partial charge in [-0.1, -0.05) is 0 Å². The first-order chi connectivity index (χ1) is 9.04. The van der Waals surface area contributed by atoms with E-state index in [9.17, 15) is 9.59 Å². The van der Waals surface area contributed by atoms with E-state index in [1.807, 2.05) is 0 Å². The van der Waals surface area contributed by atoms with E-state index in [4.69, 9.17) is 10.5 Å². The lowest BCUT2D eigenvalue weighted by molar-refractivity contribution is -0.127. The van der Waals surface area contributed by atoms with E-state index in [1.165, 1.54) is 7.11 Å². The van der Waals surface area contributed by atoms with Gasteiger partial charge in [0, 0.05) is 18.7 Å². The van der Waals surface area contributed by atoms with Crippen LogP contribution in [0.3, 0.4) is 0 Å². The number of methoxy groups -OCH3 is 1. The molecule has 2 amide bonds. The van der Waals surface area contributed by atoms with Crippen molar-refractivity contribution >= 4 is 17.5 Å². The summed E-state index contributed by atoms with van der Waals surface area (Å²) in [7, 11) is 1.50. The second kappa shape index (κ2) is 5.17. The van der Waals surface area contributed by atoms with Crippen LogP contribution in [-0.4, -0.2) is 43.0 Å². The maximum Gasteiger partial charge on any atom is 0.254 e. The molecule has 1 fully saturated rings. The molecule has 0 bridgehead atoms. The fourth-order valence-corrected chi connectivity index (χ4v) is 2.07. The number of carbonyl (C=O) groups excluding carboxylic acids is 2. The fourth-order valence-electron chi connectivity index (χ4n) is 2.07. The maximum absolute atomic E-state index is 12.4. The zero-order valence-electron chi connectivity index (χ0n) is 11.0. The second-order valence-electron chi connectivity index (χ2n) is 4.42. The highest BCUT2D eigenvalue weighted by Crippen LogP contribution is 2.23. The third kappa shape index (κ3) is 2.47. The van der Waals surface area contributed by atoms with Gasteiger partial charge in [-0.25, -0.2) is 0 Å². The number of nitrogens with one attached hydrogen (secondary N) is 1. The van der Waals surface area contributed by atoms with Crippen LogP contribution in [0.25, 0.3) is 0 Å². The van der Waals surface area contributed by atoms with Crippen molar-refractivity contribution in [2.75, 3.05) is 25.9 Å². The van der Waals surface area contributed by atoms with Gasteiger partial charge in [-0.2, -0.15) is 0 Å². The lowest BCUT2D eigenvalue weighted by atomic mass is 10.1. The molecule has 1 aliphatic heterocycles. The van der Waals surface area contributed by atoms with Crippen LogP contribution in [0.15, 0.2) is 18.2 Å². The number of anilines is 1. The van der Waals surface area contributed by atoms with E-state index in [0.717, 1.165) is 0 Å². The first kappa shape index (κ1) is 13.2. The van der Waals surface area contributed by atoms with Crippen LogP contribution < -0.4 is 15.8 Å². The molecule has 6 heteroatoms. The molecule has 2 rings (SSSR count). The van der Waals surface area contributed by atoms with Crippen molar-refractivity contribution in [3.63, 3.8) is 0 Å². The molecule has 19 heavy (non-hydrogen) atoms. The first-order valence-electron chi connectivity index (χ1n) is 6.06. The van der Waals surface area contributed by atoms with Crippen LogP contribution in [0.4, 0.5) is 5.69 Å². The number of rotatable bonds is 2. The van der Waals surface area contributed by atoms with Crippen molar-refractivity contribution in [2.24, 2.45) is 0 Å². The highest BCUT2D eigenvalue weighted by Gasteiger charge is 2.30. The minimum absolute atomic E-state index is 0.137. The van der Waals surface area contributed by atoms with Gasteiger partial charge in [0.25, 0.3) is 5.91 Å². The molecule has 6 nitrogen and oxygen atoms in total. The van der Waals surface area contributed by atoms with Crippen LogP contribution in [-0.2, 0) is 4.79 Å². The van der Waals surface area contributed by atoms with Gasteiger partial charge in [0.1, 0.15) is 11.8 Å². The molecule has 1 aromatic rings. The monoisotopic (exact) mass is 263 g/mol. The lowest BCUT2D eigenvalue weighted by Crippen LogP contribution is -2.55. The average molecular weight is 263 g/mol. The molecule has 0 aliphatic carbocycles. The van der Waals surface area contributed by atoms with Crippen molar-refractivity contribution < 1.29 is 14.3 Å². The summed E-state index contributed by atoms with van der Waals surface area (Å²) >= 11 is 0. The summed E-state index contributed by atoms with van der Waals surface area (Å²) in [5.41, 5.74) is 6.65. The van der Waals surface area contributed by atoms with Gasteiger partial charge in [-0.3, -0.25) is 9.59 Å². The van der Waals surface area contributed by atoms with E-state index >= 15 is 0 Å². The minimum atomic E-state index is -0.468. The number of nitrogens with zero attached hydrogens (tertiary/aromatic N) is 1. The summed E-state index contributed by atoms with van der Waals surface area (Å²) < 4.78 is 5.10. The topological polar surface area (TPSA) is 84.7 Å². The molecule has 1 unspecified atom stereocenters. The number of piperazine rings is 1. The Bertz CT molecular complexity index is 516. The van der Waals surface area contributed by atoms with Gasteiger partial charge < -0.3 is 20.7 Å². The van der Waals surface area contributed by atoms with Gasteiger partial charge in [0.2, 0.25) is 5.91 Å². The minimum Gasteiger partial charge on any atom is -0.495 e. The van der Waals surface area contributed by atoms with Crippen LogP contribution in [0.1, 0.15) is 17.3 Å². The molecular formula is C13H17N3O3. The van der Waals surface area contributed by atoms with Crippen molar-refractivity contribution in [3.05, 3.63) is 23.8 Å². The summed E-state index contributed by atoms with van der Waals surface area (Å²) in [4.78, 5) is 25.5. The molecule has 3 N–H and O–H groups in total. The van der Waals surface area contributed by atoms with Gasteiger partial charge in [0.05, 0.1) is 12.8 Å². The summed E-state index contributed by atoms with van der Waals surface area (Å²) in [5.74, 6) is 0.127. The Morgan fingerprint density at radius 3 is 2.95 bits per heavy atom. The number of nitrogens with two attached hydrogens (primary N) is 1. The summed E-state index contributed by atoms with van der Waals surface area (Å²) in [6.07, 6.45) is 0. The van der Waals surface area contributed by atoms with Crippen molar-refractivity contribution in [1.82, 2.24) is 10.2 Å². The third-order valence-corrected chi connectivity index (χ3v) is 3.24. The van der Waals surface area contributed by atoms with E-state index in [-0.39, 0.29) is 11.8 Å². The molecule has 1 atom stereocenters. The fraction of sp³-hybridized carbons (Fsp3) is 0.385. The summed E-state index contributed by atoms with van der Waals surface area (Å²) in [5, 5.41) is 2.72. The number of hydrogen-bond acceptors (Lipinski definition) is 4. The molecule has 0 saturated carbocycles. The molecular weight excluding hydrogens is 246 g/mol. The molecule has 1 saturated heterocycles. The molecule has 0 radical (unpaired) electrons. The Hall–Kier alpha value is -2.24. The van der Waals surface area contributed by atoms with E-state index in [1.54, 1.807) is 30.0 Å². The van der Waals surface area contributed by atoms with Gasteiger partial charge in [-0.05, 0) is 25.1 Å². The molecule has 102 valence electrons. The Morgan fingerprint density at radius 1 is 1.53 bits per heavy atom. The zero-order valence-corrected chi connectivity index (χ0v) is 11.0. The highest BCUT2D eigenvalue weighted by molar-refractivity contribution is 5.98. The van der Waals surface area contributed by atoms with Crippen molar-refractivity contribution in [2.45, 2.75) is 13.0 Å². The Morgan fingerprint density at radius 2 is 2.26 bits per heavy atom. The Balaban J connectivity index is 2.26. The summed E-state index contributed by atoms with van der Waals surface area (Å²) in [6.45, 7) is 2.68. The second-order valence-corrected chi connectivity index (χ2v) is 4.42. The Labute approximate surface area is 111 Å². The largest absolute Gasteiger partial charge is 0.495 e. The van der Waals surface area contributed by atoms with Crippen LogP contribution in [0.5, 0.6) is 5.75 Å². The van der Waals surface area contributed by atoms with E-state index < -0.39 is 6.04 Å². The van der Waals surface area contributed by atoms with Crippen LogP contribution in [0.2, 0.25) is 0 Å². The van der Waals surface area contributed by atoms with Crippen LogP contribution >= 0.6 is 0 Å². The Kier molecular flexibility index (Phi) is 3.59. The van der Waals surface area contributed by atoms with E-state index in [0.29, 0.717) is 30.1 Å². The third-order valence-electron chi connectivity index (χ3n) is 3.24. The van der Waals surface area contributed by atoms with E-state index in [2.05, 4.69) is 5.32 Å².